The Morgan fingerprint density at radius 2 is 1.90 bits per heavy atom. The average molecular weight is 295 g/mol. The summed E-state index contributed by atoms with van der Waals surface area (Å²) < 4.78 is 42.3. The fraction of sp³-hybridized carbons (Fsp3) is 0.846. The van der Waals surface area contributed by atoms with Gasteiger partial charge in [-0.1, -0.05) is 0 Å². The van der Waals surface area contributed by atoms with Crippen LogP contribution in [-0.2, 0) is 14.3 Å². The van der Waals surface area contributed by atoms with Crippen molar-refractivity contribution in [2.24, 2.45) is 5.92 Å². The number of alkyl halides is 3. The zero-order valence-electron chi connectivity index (χ0n) is 11.7. The lowest BCUT2D eigenvalue weighted by Crippen LogP contribution is -2.45. The van der Waals surface area contributed by atoms with E-state index in [2.05, 4.69) is 4.74 Å². The summed E-state index contributed by atoms with van der Waals surface area (Å²) in [4.78, 5) is 23.9. The van der Waals surface area contributed by atoms with Crippen LogP contribution in [0.3, 0.4) is 0 Å². The number of halogens is 3. The maximum Gasteiger partial charge on any atom is 0.406 e. The highest BCUT2D eigenvalue weighted by Crippen LogP contribution is 2.36. The van der Waals surface area contributed by atoms with Gasteiger partial charge in [0.1, 0.15) is 6.54 Å². The summed E-state index contributed by atoms with van der Waals surface area (Å²) in [5.41, 5.74) is 0. The van der Waals surface area contributed by atoms with E-state index in [0.717, 1.165) is 17.7 Å². The standard InChI is InChI=1S/C13H20F3NO3/c1-3-20-12(19)7-6-11(18)17(8-13(14,15)16)9(2)10-4-5-10/h9-10H,3-8H2,1-2H3. The summed E-state index contributed by atoms with van der Waals surface area (Å²) in [6.45, 7) is 2.20. The Labute approximate surface area is 116 Å². The van der Waals surface area contributed by atoms with Gasteiger partial charge in [-0.3, -0.25) is 9.59 Å². The molecule has 0 aromatic carbocycles. The number of carbonyl (C=O) groups is 2. The number of carbonyl (C=O) groups excluding carboxylic acids is 2. The number of hydrogen-bond acceptors (Lipinski definition) is 3. The van der Waals surface area contributed by atoms with Gasteiger partial charge in [0, 0.05) is 12.5 Å². The molecule has 20 heavy (non-hydrogen) atoms. The van der Waals surface area contributed by atoms with Crippen LogP contribution in [-0.4, -0.2) is 42.1 Å². The van der Waals surface area contributed by atoms with E-state index in [1.807, 2.05) is 0 Å². The largest absolute Gasteiger partial charge is 0.466 e. The van der Waals surface area contributed by atoms with Crippen molar-refractivity contribution < 1.29 is 27.5 Å². The lowest BCUT2D eigenvalue weighted by Gasteiger charge is -2.30. The first kappa shape index (κ1) is 16.8. The fourth-order valence-corrected chi connectivity index (χ4v) is 2.07. The van der Waals surface area contributed by atoms with Crippen LogP contribution in [0.1, 0.15) is 39.5 Å². The highest BCUT2D eigenvalue weighted by atomic mass is 19.4. The van der Waals surface area contributed by atoms with Gasteiger partial charge in [-0.15, -0.1) is 0 Å². The molecule has 1 unspecified atom stereocenters. The summed E-state index contributed by atoms with van der Waals surface area (Å²) in [5, 5.41) is 0. The second-order valence-electron chi connectivity index (χ2n) is 5.02. The van der Waals surface area contributed by atoms with Crippen LogP contribution in [0.4, 0.5) is 13.2 Å². The minimum atomic E-state index is -4.43. The van der Waals surface area contributed by atoms with Crippen LogP contribution in [0.15, 0.2) is 0 Å². The predicted molar refractivity (Wildman–Crippen MR) is 65.8 cm³/mol. The molecule has 1 saturated carbocycles. The van der Waals surface area contributed by atoms with Gasteiger partial charge in [-0.05, 0) is 32.6 Å². The number of amides is 1. The summed E-state index contributed by atoms with van der Waals surface area (Å²) in [6, 6.07) is -0.439. The van der Waals surface area contributed by atoms with Crippen molar-refractivity contribution in [2.75, 3.05) is 13.2 Å². The Morgan fingerprint density at radius 1 is 1.30 bits per heavy atom. The van der Waals surface area contributed by atoms with Gasteiger partial charge in [-0.25, -0.2) is 0 Å². The second kappa shape index (κ2) is 6.95. The molecular formula is C13H20F3NO3. The maximum atomic E-state index is 12.5. The summed E-state index contributed by atoms with van der Waals surface area (Å²) >= 11 is 0. The molecule has 0 N–H and O–H groups in total. The summed E-state index contributed by atoms with van der Waals surface area (Å²) in [5.74, 6) is -1.06. The smallest absolute Gasteiger partial charge is 0.406 e. The van der Waals surface area contributed by atoms with Gasteiger partial charge in [-0.2, -0.15) is 13.2 Å². The lowest BCUT2D eigenvalue weighted by atomic mass is 10.1. The third kappa shape index (κ3) is 5.79. The first-order valence-electron chi connectivity index (χ1n) is 6.76. The van der Waals surface area contributed by atoms with Crippen molar-refractivity contribution in [3.63, 3.8) is 0 Å². The molecule has 7 heteroatoms. The van der Waals surface area contributed by atoms with Crippen molar-refractivity contribution in [1.82, 2.24) is 4.90 Å². The van der Waals surface area contributed by atoms with E-state index in [4.69, 9.17) is 0 Å². The van der Waals surface area contributed by atoms with Crippen LogP contribution < -0.4 is 0 Å². The molecule has 0 spiro atoms. The molecule has 0 bridgehead atoms. The molecule has 116 valence electrons. The molecule has 1 amide bonds. The number of hydrogen-bond donors (Lipinski definition) is 0. The average Bonchev–Trinajstić information content (AvgIpc) is 3.15. The minimum Gasteiger partial charge on any atom is -0.466 e. The normalized spacial score (nSPS) is 16.6. The number of ether oxygens (including phenoxy) is 1. The Kier molecular flexibility index (Phi) is 5.83. The molecule has 4 nitrogen and oxygen atoms in total. The van der Waals surface area contributed by atoms with Crippen LogP contribution in [0.2, 0.25) is 0 Å². The lowest BCUT2D eigenvalue weighted by molar-refractivity contribution is -0.166. The highest BCUT2D eigenvalue weighted by molar-refractivity contribution is 5.81. The number of esters is 1. The SMILES string of the molecule is CCOC(=O)CCC(=O)N(CC(F)(F)F)C(C)C1CC1. The molecule has 0 aromatic heterocycles. The summed E-state index contributed by atoms with van der Waals surface area (Å²) in [7, 11) is 0. The van der Waals surface area contributed by atoms with E-state index < -0.39 is 30.6 Å². The molecule has 0 saturated heterocycles. The molecule has 0 aliphatic heterocycles. The third-order valence-corrected chi connectivity index (χ3v) is 3.31. The number of rotatable bonds is 7. The van der Waals surface area contributed by atoms with E-state index in [0.29, 0.717) is 0 Å². The van der Waals surface area contributed by atoms with Gasteiger partial charge in [0.2, 0.25) is 5.91 Å². The summed E-state index contributed by atoms with van der Waals surface area (Å²) in [6.07, 6.45) is -3.16. The topological polar surface area (TPSA) is 46.6 Å². The molecule has 0 heterocycles. The Balaban J connectivity index is 2.57. The molecule has 1 rings (SSSR count). The molecule has 0 radical (unpaired) electrons. The molecule has 1 aliphatic carbocycles. The van der Waals surface area contributed by atoms with Crippen molar-refractivity contribution in [2.45, 2.75) is 51.7 Å². The van der Waals surface area contributed by atoms with Gasteiger partial charge in [0.05, 0.1) is 13.0 Å². The van der Waals surface area contributed by atoms with Gasteiger partial charge in [0.25, 0.3) is 0 Å². The zero-order valence-corrected chi connectivity index (χ0v) is 11.7. The molecule has 1 aliphatic rings. The van der Waals surface area contributed by atoms with Crippen molar-refractivity contribution in [1.29, 1.82) is 0 Å². The van der Waals surface area contributed by atoms with Crippen molar-refractivity contribution >= 4 is 11.9 Å². The van der Waals surface area contributed by atoms with E-state index in [1.165, 1.54) is 0 Å². The van der Waals surface area contributed by atoms with Crippen LogP contribution in [0.25, 0.3) is 0 Å². The van der Waals surface area contributed by atoms with Gasteiger partial charge >= 0.3 is 12.1 Å². The molecule has 0 aromatic rings. The van der Waals surface area contributed by atoms with Gasteiger partial charge < -0.3 is 9.64 Å². The van der Waals surface area contributed by atoms with Crippen LogP contribution in [0, 0.1) is 5.92 Å². The maximum absolute atomic E-state index is 12.5. The van der Waals surface area contributed by atoms with Crippen molar-refractivity contribution in [3.05, 3.63) is 0 Å². The van der Waals surface area contributed by atoms with E-state index in [1.54, 1.807) is 13.8 Å². The third-order valence-electron chi connectivity index (χ3n) is 3.31. The Hall–Kier alpha value is -1.27. The molecule has 1 atom stereocenters. The van der Waals surface area contributed by atoms with E-state index in [9.17, 15) is 22.8 Å². The Morgan fingerprint density at radius 3 is 2.35 bits per heavy atom. The predicted octanol–water partition coefficient (Wildman–Crippen LogP) is 2.52. The first-order chi connectivity index (χ1) is 9.24. The van der Waals surface area contributed by atoms with Crippen LogP contribution >= 0.6 is 0 Å². The molecular weight excluding hydrogens is 275 g/mol. The highest BCUT2D eigenvalue weighted by Gasteiger charge is 2.40. The quantitative estimate of drug-likeness (QED) is 0.678. The van der Waals surface area contributed by atoms with Crippen molar-refractivity contribution in [3.8, 4) is 0 Å². The fourth-order valence-electron chi connectivity index (χ4n) is 2.07. The monoisotopic (exact) mass is 295 g/mol. The van der Waals surface area contributed by atoms with E-state index >= 15 is 0 Å². The second-order valence-corrected chi connectivity index (χ2v) is 5.02. The molecule has 1 fully saturated rings. The minimum absolute atomic E-state index is 0.142. The number of nitrogens with zero attached hydrogens (tertiary/aromatic N) is 1. The van der Waals surface area contributed by atoms with Gasteiger partial charge in [0.15, 0.2) is 0 Å². The Bertz CT molecular complexity index is 353. The van der Waals surface area contributed by atoms with E-state index in [-0.39, 0.29) is 25.4 Å². The zero-order chi connectivity index (χ0) is 15.3. The first-order valence-corrected chi connectivity index (χ1v) is 6.76. The van der Waals surface area contributed by atoms with Crippen LogP contribution in [0.5, 0.6) is 0 Å².